The Morgan fingerprint density at radius 1 is 1.44 bits per heavy atom. The summed E-state index contributed by atoms with van der Waals surface area (Å²) in [7, 11) is 0. The van der Waals surface area contributed by atoms with Gasteiger partial charge in [-0.2, -0.15) is 0 Å². The molecule has 1 aliphatic heterocycles. The van der Waals surface area contributed by atoms with Gasteiger partial charge in [-0.3, -0.25) is 4.79 Å². The van der Waals surface area contributed by atoms with Crippen LogP contribution in [0, 0.1) is 6.92 Å². The summed E-state index contributed by atoms with van der Waals surface area (Å²) in [4.78, 5) is 11.8. The highest BCUT2D eigenvalue weighted by atomic mass is 35.5. The average molecular weight is 269 g/mol. The number of nitrogens with one attached hydrogen (secondary N) is 2. The van der Waals surface area contributed by atoms with Gasteiger partial charge in [0.25, 0.3) is 0 Å². The molecule has 4 nitrogen and oxygen atoms in total. The molecule has 1 amide bonds. The number of amides is 1. The number of ether oxygens (including phenoxy) is 1. The van der Waals surface area contributed by atoms with Gasteiger partial charge in [-0.05, 0) is 37.1 Å². The topological polar surface area (TPSA) is 50.4 Å². The van der Waals surface area contributed by atoms with Crippen molar-refractivity contribution >= 4 is 17.5 Å². The molecule has 2 rings (SSSR count). The van der Waals surface area contributed by atoms with Gasteiger partial charge in [0.2, 0.25) is 5.91 Å². The molecule has 1 unspecified atom stereocenters. The Morgan fingerprint density at radius 2 is 2.22 bits per heavy atom. The number of aryl methyl sites for hydroxylation is 1. The summed E-state index contributed by atoms with van der Waals surface area (Å²) in [6.07, 6.45) is 0. The maximum Gasteiger partial charge on any atom is 0.241 e. The van der Waals surface area contributed by atoms with Crippen LogP contribution < -0.4 is 15.4 Å². The van der Waals surface area contributed by atoms with Gasteiger partial charge in [-0.1, -0.05) is 11.6 Å². The van der Waals surface area contributed by atoms with Gasteiger partial charge in [0.15, 0.2) is 0 Å². The van der Waals surface area contributed by atoms with Gasteiger partial charge in [0.05, 0.1) is 11.6 Å². The van der Waals surface area contributed by atoms with Crippen LogP contribution in [0.1, 0.15) is 24.1 Å². The molecule has 0 spiro atoms. The molecule has 0 aromatic heterocycles. The maximum absolute atomic E-state index is 11.8. The van der Waals surface area contributed by atoms with E-state index in [2.05, 4.69) is 10.6 Å². The SMILES string of the molecule is CCOc1cc(C)c(C2NCCNC2=O)cc1Cl. The first-order chi connectivity index (χ1) is 8.63. The Balaban J connectivity index is 2.33. The molecule has 1 atom stereocenters. The molecule has 0 radical (unpaired) electrons. The predicted octanol–water partition coefficient (Wildman–Crippen LogP) is 1.81. The zero-order valence-corrected chi connectivity index (χ0v) is 11.3. The van der Waals surface area contributed by atoms with E-state index in [-0.39, 0.29) is 11.9 Å². The first-order valence-corrected chi connectivity index (χ1v) is 6.45. The van der Waals surface area contributed by atoms with Crippen LogP contribution in [0.2, 0.25) is 5.02 Å². The lowest BCUT2D eigenvalue weighted by Crippen LogP contribution is -2.47. The van der Waals surface area contributed by atoms with Crippen LogP contribution >= 0.6 is 11.6 Å². The van der Waals surface area contributed by atoms with Crippen molar-refractivity contribution in [3.8, 4) is 5.75 Å². The lowest BCUT2D eigenvalue weighted by atomic mass is 9.99. The van der Waals surface area contributed by atoms with E-state index in [4.69, 9.17) is 16.3 Å². The van der Waals surface area contributed by atoms with Crippen molar-refractivity contribution in [2.45, 2.75) is 19.9 Å². The van der Waals surface area contributed by atoms with E-state index >= 15 is 0 Å². The number of carbonyl (C=O) groups excluding carboxylic acids is 1. The van der Waals surface area contributed by atoms with Crippen LogP contribution in [0.5, 0.6) is 5.75 Å². The number of halogens is 1. The summed E-state index contributed by atoms with van der Waals surface area (Å²) in [5.74, 6) is 0.654. The van der Waals surface area contributed by atoms with Gasteiger partial charge in [0.1, 0.15) is 11.8 Å². The van der Waals surface area contributed by atoms with Gasteiger partial charge in [0, 0.05) is 13.1 Å². The lowest BCUT2D eigenvalue weighted by molar-refractivity contribution is -0.124. The number of rotatable bonds is 3. The van der Waals surface area contributed by atoms with Gasteiger partial charge < -0.3 is 15.4 Å². The minimum absolute atomic E-state index is 0.00965. The van der Waals surface area contributed by atoms with Crippen LogP contribution in [-0.2, 0) is 4.79 Å². The van der Waals surface area contributed by atoms with Crippen LogP contribution in [0.25, 0.3) is 0 Å². The molecule has 1 aliphatic rings. The minimum atomic E-state index is -0.327. The zero-order chi connectivity index (χ0) is 13.1. The molecule has 18 heavy (non-hydrogen) atoms. The Bertz CT molecular complexity index is 463. The number of hydrogen-bond acceptors (Lipinski definition) is 3. The van der Waals surface area contributed by atoms with Crippen molar-refractivity contribution in [1.82, 2.24) is 10.6 Å². The third-order valence-corrected chi connectivity index (χ3v) is 3.26. The van der Waals surface area contributed by atoms with Crippen LogP contribution in [0.3, 0.4) is 0 Å². The summed E-state index contributed by atoms with van der Waals surface area (Å²) in [5.41, 5.74) is 1.90. The second-order valence-corrected chi connectivity index (χ2v) is 4.66. The molecule has 5 heteroatoms. The van der Waals surface area contributed by atoms with Crippen molar-refractivity contribution in [1.29, 1.82) is 0 Å². The smallest absolute Gasteiger partial charge is 0.241 e. The van der Waals surface area contributed by atoms with Crippen molar-refractivity contribution in [3.63, 3.8) is 0 Å². The van der Waals surface area contributed by atoms with E-state index in [1.165, 1.54) is 0 Å². The Labute approximate surface area is 112 Å². The zero-order valence-electron chi connectivity index (χ0n) is 10.5. The molecule has 0 aliphatic carbocycles. The molecule has 98 valence electrons. The largest absolute Gasteiger partial charge is 0.492 e. The number of benzene rings is 1. The summed E-state index contributed by atoms with van der Waals surface area (Å²) >= 11 is 6.16. The van der Waals surface area contributed by atoms with Crippen molar-refractivity contribution < 1.29 is 9.53 Å². The predicted molar refractivity (Wildman–Crippen MR) is 71.1 cm³/mol. The van der Waals surface area contributed by atoms with Crippen molar-refractivity contribution in [2.75, 3.05) is 19.7 Å². The molecular weight excluding hydrogens is 252 g/mol. The quantitative estimate of drug-likeness (QED) is 0.879. The Morgan fingerprint density at radius 3 is 2.89 bits per heavy atom. The summed E-state index contributed by atoms with van der Waals surface area (Å²) in [6.45, 7) is 5.87. The Hall–Kier alpha value is -1.26. The fourth-order valence-corrected chi connectivity index (χ4v) is 2.32. The van der Waals surface area contributed by atoms with E-state index in [1.807, 2.05) is 26.0 Å². The van der Waals surface area contributed by atoms with E-state index in [1.54, 1.807) is 0 Å². The standard InChI is InChI=1S/C13H17ClN2O2/c1-3-18-11-6-8(2)9(7-10(11)14)12-13(17)16-5-4-15-12/h6-7,12,15H,3-5H2,1-2H3,(H,16,17). The molecule has 0 bridgehead atoms. The van der Waals surface area contributed by atoms with Gasteiger partial charge in [-0.25, -0.2) is 0 Å². The first kappa shape index (κ1) is 13.2. The minimum Gasteiger partial charge on any atom is -0.492 e. The number of hydrogen-bond donors (Lipinski definition) is 2. The van der Waals surface area contributed by atoms with Gasteiger partial charge in [-0.15, -0.1) is 0 Å². The monoisotopic (exact) mass is 268 g/mol. The molecule has 0 saturated carbocycles. The highest BCUT2D eigenvalue weighted by Gasteiger charge is 2.25. The lowest BCUT2D eigenvalue weighted by Gasteiger charge is -2.25. The fourth-order valence-electron chi connectivity index (χ4n) is 2.10. The fraction of sp³-hybridized carbons (Fsp3) is 0.462. The molecule has 1 saturated heterocycles. The third kappa shape index (κ3) is 2.60. The average Bonchev–Trinajstić information content (AvgIpc) is 2.35. The highest BCUT2D eigenvalue weighted by molar-refractivity contribution is 6.32. The van der Waals surface area contributed by atoms with Crippen molar-refractivity contribution in [3.05, 3.63) is 28.3 Å². The third-order valence-electron chi connectivity index (χ3n) is 2.97. The molecule has 1 fully saturated rings. The molecule has 1 aromatic rings. The molecule has 1 aromatic carbocycles. The maximum atomic E-state index is 11.8. The summed E-state index contributed by atoms with van der Waals surface area (Å²) in [6, 6.07) is 3.36. The van der Waals surface area contributed by atoms with E-state index < -0.39 is 0 Å². The summed E-state index contributed by atoms with van der Waals surface area (Å²) < 4.78 is 5.43. The summed E-state index contributed by atoms with van der Waals surface area (Å²) in [5, 5.41) is 6.57. The van der Waals surface area contributed by atoms with Crippen LogP contribution in [-0.4, -0.2) is 25.6 Å². The molecular formula is C13H17ClN2O2. The second kappa shape index (κ2) is 5.59. The number of carbonyl (C=O) groups is 1. The highest BCUT2D eigenvalue weighted by Crippen LogP contribution is 2.31. The first-order valence-electron chi connectivity index (χ1n) is 6.07. The van der Waals surface area contributed by atoms with Crippen LogP contribution in [0.4, 0.5) is 0 Å². The normalized spacial score (nSPS) is 19.5. The second-order valence-electron chi connectivity index (χ2n) is 4.25. The number of piperazine rings is 1. The van der Waals surface area contributed by atoms with Crippen molar-refractivity contribution in [2.24, 2.45) is 0 Å². The van der Waals surface area contributed by atoms with E-state index in [9.17, 15) is 4.79 Å². The van der Waals surface area contributed by atoms with E-state index in [0.717, 1.165) is 17.7 Å². The molecule has 2 N–H and O–H groups in total. The molecule has 1 heterocycles. The van der Waals surface area contributed by atoms with Crippen LogP contribution in [0.15, 0.2) is 12.1 Å². The Kier molecular flexibility index (Phi) is 4.09. The van der Waals surface area contributed by atoms with E-state index in [0.29, 0.717) is 23.9 Å². The van der Waals surface area contributed by atoms with Gasteiger partial charge >= 0.3 is 0 Å².